The van der Waals surface area contributed by atoms with E-state index in [2.05, 4.69) is 16.0 Å². The van der Waals surface area contributed by atoms with Gasteiger partial charge in [-0.3, -0.25) is 4.79 Å². The van der Waals surface area contributed by atoms with Crippen LogP contribution in [0.4, 0.5) is 16.2 Å². The zero-order chi connectivity index (χ0) is 25.7. The molecule has 3 amide bonds. The molecule has 7 nitrogen and oxygen atoms in total. The summed E-state index contributed by atoms with van der Waals surface area (Å²) in [5, 5.41) is 10.2. The molecule has 0 heterocycles. The van der Waals surface area contributed by atoms with E-state index in [9.17, 15) is 14.4 Å². The van der Waals surface area contributed by atoms with Gasteiger partial charge in [0.05, 0.1) is 18.4 Å². The van der Waals surface area contributed by atoms with Gasteiger partial charge in [0, 0.05) is 5.69 Å². The SMILES string of the molecule is COC(=O)[C@H](CC(C)C)NC(=O)c1cc2ccccc2cc1NC(=O)Nc1c(C)cc(C)cc1C. The Morgan fingerprint density at radius 2 is 1.49 bits per heavy atom. The Kier molecular flexibility index (Phi) is 8.12. The van der Waals surface area contributed by atoms with Gasteiger partial charge in [-0.1, -0.05) is 55.8 Å². The van der Waals surface area contributed by atoms with Crippen LogP contribution in [0.3, 0.4) is 0 Å². The predicted octanol–water partition coefficient (Wildman–Crippen LogP) is 5.73. The van der Waals surface area contributed by atoms with Crippen LogP contribution in [0, 0.1) is 26.7 Å². The molecule has 0 spiro atoms. The molecule has 3 N–H and O–H groups in total. The fourth-order valence-electron chi connectivity index (χ4n) is 4.24. The van der Waals surface area contributed by atoms with Gasteiger partial charge in [0.2, 0.25) is 0 Å². The molecule has 184 valence electrons. The minimum atomic E-state index is -0.793. The van der Waals surface area contributed by atoms with Gasteiger partial charge in [0.1, 0.15) is 6.04 Å². The Morgan fingerprint density at radius 3 is 2.06 bits per heavy atom. The van der Waals surface area contributed by atoms with Crippen molar-refractivity contribution in [2.45, 2.75) is 47.1 Å². The van der Waals surface area contributed by atoms with Crippen LogP contribution in [0.15, 0.2) is 48.5 Å². The van der Waals surface area contributed by atoms with Gasteiger partial charge in [-0.2, -0.15) is 0 Å². The third kappa shape index (κ3) is 6.38. The zero-order valence-electron chi connectivity index (χ0n) is 21.1. The molecule has 0 bridgehead atoms. The van der Waals surface area contributed by atoms with Gasteiger partial charge in [-0.15, -0.1) is 0 Å². The summed E-state index contributed by atoms with van der Waals surface area (Å²) < 4.78 is 4.88. The number of ether oxygens (including phenoxy) is 1. The number of benzene rings is 3. The molecular weight excluding hydrogens is 442 g/mol. The summed E-state index contributed by atoms with van der Waals surface area (Å²) in [5.74, 6) is -0.810. The van der Waals surface area contributed by atoms with Crippen molar-refractivity contribution in [3.8, 4) is 0 Å². The molecule has 0 saturated carbocycles. The molecule has 7 heteroatoms. The van der Waals surface area contributed by atoms with Crippen molar-refractivity contribution in [3.63, 3.8) is 0 Å². The second-order valence-corrected chi connectivity index (χ2v) is 9.28. The van der Waals surface area contributed by atoms with Crippen molar-refractivity contribution < 1.29 is 19.1 Å². The highest BCUT2D eigenvalue weighted by molar-refractivity contribution is 6.10. The summed E-state index contributed by atoms with van der Waals surface area (Å²) in [5.41, 5.74) is 4.33. The highest BCUT2D eigenvalue weighted by Crippen LogP contribution is 2.26. The van der Waals surface area contributed by atoms with Crippen LogP contribution in [0.5, 0.6) is 0 Å². The smallest absolute Gasteiger partial charge is 0.328 e. The maximum Gasteiger partial charge on any atom is 0.328 e. The number of esters is 1. The van der Waals surface area contributed by atoms with Gasteiger partial charge >= 0.3 is 12.0 Å². The van der Waals surface area contributed by atoms with Crippen molar-refractivity contribution in [1.29, 1.82) is 0 Å². The largest absolute Gasteiger partial charge is 0.467 e. The number of hydrogen-bond donors (Lipinski definition) is 3. The van der Waals surface area contributed by atoms with E-state index in [1.165, 1.54) is 7.11 Å². The summed E-state index contributed by atoms with van der Waals surface area (Å²) in [6.45, 7) is 9.80. The first-order valence-electron chi connectivity index (χ1n) is 11.7. The Balaban J connectivity index is 1.93. The predicted molar refractivity (Wildman–Crippen MR) is 140 cm³/mol. The third-order valence-electron chi connectivity index (χ3n) is 5.79. The van der Waals surface area contributed by atoms with Crippen molar-refractivity contribution in [2.24, 2.45) is 5.92 Å². The third-order valence-corrected chi connectivity index (χ3v) is 5.79. The number of urea groups is 1. The standard InChI is InChI=1S/C28H33N3O4/c1-16(2)11-24(27(33)35-6)29-26(32)22-14-20-9-7-8-10-21(20)15-23(22)30-28(34)31-25-18(4)12-17(3)13-19(25)5/h7-10,12-16,24H,11H2,1-6H3,(H,29,32)(H2,30,31,34)/t24-/m0/s1. The lowest BCUT2D eigenvalue weighted by molar-refractivity contribution is -0.143. The maximum atomic E-state index is 13.3. The second kappa shape index (κ2) is 11.0. The van der Waals surface area contributed by atoms with Crippen LogP contribution in [0.1, 0.15) is 47.3 Å². The molecule has 3 aromatic rings. The average Bonchev–Trinajstić information content (AvgIpc) is 2.79. The lowest BCUT2D eigenvalue weighted by Crippen LogP contribution is -2.42. The molecule has 0 aliphatic carbocycles. The minimum Gasteiger partial charge on any atom is -0.467 e. The van der Waals surface area contributed by atoms with E-state index < -0.39 is 23.9 Å². The highest BCUT2D eigenvalue weighted by Gasteiger charge is 2.25. The molecule has 0 aliphatic rings. The van der Waals surface area contributed by atoms with Crippen LogP contribution in [-0.2, 0) is 9.53 Å². The van der Waals surface area contributed by atoms with E-state index in [0.717, 1.165) is 33.2 Å². The van der Waals surface area contributed by atoms with Crippen molar-refractivity contribution in [3.05, 3.63) is 70.8 Å². The van der Waals surface area contributed by atoms with E-state index in [-0.39, 0.29) is 11.5 Å². The summed E-state index contributed by atoms with van der Waals surface area (Å²) in [6, 6.07) is 13.8. The Labute approximate surface area is 206 Å². The van der Waals surface area contributed by atoms with E-state index in [0.29, 0.717) is 12.1 Å². The zero-order valence-corrected chi connectivity index (χ0v) is 21.1. The number of amides is 3. The molecule has 0 aliphatic heterocycles. The van der Waals surface area contributed by atoms with Gasteiger partial charge in [-0.05, 0) is 67.1 Å². The van der Waals surface area contributed by atoms with Gasteiger partial charge in [0.15, 0.2) is 0 Å². The lowest BCUT2D eigenvalue weighted by Gasteiger charge is -2.20. The van der Waals surface area contributed by atoms with Gasteiger partial charge < -0.3 is 20.7 Å². The number of hydrogen-bond acceptors (Lipinski definition) is 4. The number of carbonyl (C=O) groups excluding carboxylic acids is 3. The summed E-state index contributed by atoms with van der Waals surface area (Å²) in [7, 11) is 1.30. The molecule has 0 saturated heterocycles. The molecule has 1 atom stereocenters. The highest BCUT2D eigenvalue weighted by atomic mass is 16.5. The Bertz CT molecular complexity index is 1240. The fourth-order valence-corrected chi connectivity index (χ4v) is 4.24. The van der Waals surface area contributed by atoms with E-state index in [1.807, 2.05) is 71.0 Å². The van der Waals surface area contributed by atoms with E-state index in [4.69, 9.17) is 4.74 Å². The molecule has 3 aromatic carbocycles. The first-order chi connectivity index (χ1) is 16.6. The van der Waals surface area contributed by atoms with Gasteiger partial charge in [0.25, 0.3) is 5.91 Å². The Morgan fingerprint density at radius 1 is 0.886 bits per heavy atom. The topological polar surface area (TPSA) is 96.5 Å². The van der Waals surface area contributed by atoms with Crippen LogP contribution < -0.4 is 16.0 Å². The first-order valence-corrected chi connectivity index (χ1v) is 11.7. The molecular formula is C28H33N3O4. The van der Waals surface area contributed by atoms with Crippen molar-refractivity contribution in [1.82, 2.24) is 5.32 Å². The van der Waals surface area contributed by atoms with Gasteiger partial charge in [-0.25, -0.2) is 9.59 Å². The monoisotopic (exact) mass is 475 g/mol. The maximum absolute atomic E-state index is 13.3. The first kappa shape index (κ1) is 25.7. The van der Waals surface area contributed by atoms with Crippen LogP contribution in [-0.4, -0.2) is 31.1 Å². The number of rotatable bonds is 7. The minimum absolute atomic E-state index is 0.167. The van der Waals surface area contributed by atoms with E-state index >= 15 is 0 Å². The summed E-state index contributed by atoms with van der Waals surface area (Å²) in [6.07, 6.45) is 0.432. The molecule has 0 aromatic heterocycles. The van der Waals surface area contributed by atoms with Crippen LogP contribution in [0.25, 0.3) is 10.8 Å². The molecule has 0 fully saturated rings. The number of fused-ring (bicyclic) bond motifs is 1. The number of methoxy groups -OCH3 is 1. The Hall–Kier alpha value is -3.87. The second-order valence-electron chi connectivity index (χ2n) is 9.28. The fraction of sp³-hybridized carbons (Fsp3) is 0.321. The average molecular weight is 476 g/mol. The normalized spacial score (nSPS) is 11.7. The number of anilines is 2. The molecule has 0 radical (unpaired) electrons. The van der Waals surface area contributed by atoms with Crippen LogP contribution >= 0.6 is 0 Å². The van der Waals surface area contributed by atoms with Crippen LogP contribution in [0.2, 0.25) is 0 Å². The number of aryl methyl sites for hydroxylation is 3. The molecule has 0 unspecified atom stereocenters. The number of carbonyl (C=O) groups is 3. The summed E-state index contributed by atoms with van der Waals surface area (Å²) in [4.78, 5) is 38.6. The van der Waals surface area contributed by atoms with E-state index in [1.54, 1.807) is 12.1 Å². The number of nitrogens with one attached hydrogen (secondary N) is 3. The summed E-state index contributed by atoms with van der Waals surface area (Å²) >= 11 is 0. The van der Waals surface area contributed by atoms with Crippen molar-refractivity contribution >= 4 is 40.1 Å². The molecule has 3 rings (SSSR count). The molecule has 35 heavy (non-hydrogen) atoms. The lowest BCUT2D eigenvalue weighted by atomic mass is 10.0. The quantitative estimate of drug-likeness (QED) is 0.380. The van der Waals surface area contributed by atoms with Crippen molar-refractivity contribution in [2.75, 3.05) is 17.7 Å².